The second kappa shape index (κ2) is 7.41. The summed E-state index contributed by atoms with van der Waals surface area (Å²) in [5.74, 6) is -1.06. The fourth-order valence-corrected chi connectivity index (χ4v) is 2.03. The lowest BCUT2D eigenvalue weighted by molar-refractivity contribution is -0.135. The monoisotopic (exact) mass is 314 g/mol. The molecule has 9 heteroatoms. The van der Waals surface area contributed by atoms with Gasteiger partial charge in [0, 0.05) is 12.2 Å². The van der Waals surface area contributed by atoms with Crippen molar-refractivity contribution in [3.8, 4) is 5.75 Å². The summed E-state index contributed by atoms with van der Waals surface area (Å²) in [5.41, 5.74) is 1.93. The summed E-state index contributed by atoms with van der Waals surface area (Å²) in [6.45, 7) is 0. The Kier molecular flexibility index (Phi) is 5.88. The van der Waals surface area contributed by atoms with Gasteiger partial charge in [-0.1, -0.05) is 0 Å². The highest BCUT2D eigenvalue weighted by atomic mass is 32.2. The van der Waals surface area contributed by atoms with Crippen molar-refractivity contribution in [1.82, 2.24) is 10.3 Å². The van der Waals surface area contributed by atoms with Crippen LogP contribution in [0.2, 0.25) is 0 Å². The third kappa shape index (κ3) is 5.24. The van der Waals surface area contributed by atoms with E-state index < -0.39 is 21.9 Å². The first-order valence-corrected chi connectivity index (χ1v) is 7.09. The van der Waals surface area contributed by atoms with Gasteiger partial charge in [-0.15, -0.1) is 4.83 Å². The molecular formula is C12H14N2O6S. The van der Waals surface area contributed by atoms with E-state index in [1.54, 1.807) is 0 Å². The molecular weight excluding hydrogens is 300 g/mol. The first-order chi connectivity index (χ1) is 9.89. The fraction of sp³-hybridized carbons (Fsp3) is 0.167. The SMILES string of the molecule is COC(=O)/C=C/C(=O)NNS(=O)(=O)c1ccc(OC)cc1. The van der Waals surface area contributed by atoms with E-state index in [4.69, 9.17) is 4.74 Å². The van der Waals surface area contributed by atoms with Gasteiger partial charge in [0.25, 0.3) is 15.9 Å². The highest BCUT2D eigenvalue weighted by molar-refractivity contribution is 7.89. The minimum atomic E-state index is -3.91. The number of rotatable bonds is 6. The molecule has 21 heavy (non-hydrogen) atoms. The van der Waals surface area contributed by atoms with E-state index in [9.17, 15) is 18.0 Å². The topological polar surface area (TPSA) is 111 Å². The van der Waals surface area contributed by atoms with Gasteiger partial charge in [0.2, 0.25) is 0 Å². The molecule has 0 unspecified atom stereocenters. The van der Waals surface area contributed by atoms with Crippen LogP contribution in [0.3, 0.4) is 0 Å². The Morgan fingerprint density at radius 1 is 1.10 bits per heavy atom. The Bertz CT molecular complexity index is 636. The van der Waals surface area contributed by atoms with Crippen LogP contribution >= 0.6 is 0 Å². The molecule has 0 atom stereocenters. The molecule has 1 amide bonds. The molecule has 0 aliphatic rings. The van der Waals surface area contributed by atoms with Crippen LogP contribution < -0.4 is 15.0 Å². The number of benzene rings is 1. The number of hydrogen-bond donors (Lipinski definition) is 2. The second-order valence-corrected chi connectivity index (χ2v) is 5.31. The molecule has 1 rings (SSSR count). The summed E-state index contributed by atoms with van der Waals surface area (Å²) in [7, 11) is -1.31. The molecule has 0 saturated heterocycles. The van der Waals surface area contributed by atoms with Crippen LogP contribution in [0.15, 0.2) is 41.3 Å². The number of amides is 1. The van der Waals surface area contributed by atoms with Crippen LogP contribution in [0.1, 0.15) is 0 Å². The zero-order chi connectivity index (χ0) is 15.9. The Labute approximate surface area is 121 Å². The van der Waals surface area contributed by atoms with E-state index in [0.717, 1.165) is 19.3 Å². The number of sulfonamides is 1. The summed E-state index contributed by atoms with van der Waals surface area (Å²) in [5, 5.41) is 0. The Hall–Kier alpha value is -2.39. The quantitative estimate of drug-likeness (QED) is 0.425. The van der Waals surface area contributed by atoms with Gasteiger partial charge in [-0.25, -0.2) is 13.2 Å². The van der Waals surface area contributed by atoms with E-state index in [1.807, 2.05) is 10.3 Å². The molecule has 0 bridgehead atoms. The number of carbonyl (C=O) groups is 2. The number of ether oxygens (including phenoxy) is 2. The van der Waals surface area contributed by atoms with Crippen LogP contribution in [-0.4, -0.2) is 34.5 Å². The molecule has 1 aromatic carbocycles. The fourth-order valence-electron chi connectivity index (χ4n) is 1.18. The van der Waals surface area contributed by atoms with Crippen LogP contribution in [0.4, 0.5) is 0 Å². The van der Waals surface area contributed by atoms with Gasteiger partial charge < -0.3 is 9.47 Å². The van der Waals surface area contributed by atoms with Crippen molar-refractivity contribution >= 4 is 21.9 Å². The molecule has 1 aromatic rings. The number of carbonyl (C=O) groups excluding carboxylic acids is 2. The minimum absolute atomic E-state index is 0.0550. The van der Waals surface area contributed by atoms with Crippen LogP contribution in [0, 0.1) is 0 Å². The molecule has 0 aliphatic heterocycles. The molecule has 0 heterocycles. The van der Waals surface area contributed by atoms with Crippen molar-refractivity contribution in [1.29, 1.82) is 0 Å². The lowest BCUT2D eigenvalue weighted by Crippen LogP contribution is -2.40. The first-order valence-electron chi connectivity index (χ1n) is 5.61. The average Bonchev–Trinajstić information content (AvgIpc) is 2.50. The van der Waals surface area contributed by atoms with E-state index in [-0.39, 0.29) is 4.90 Å². The lowest BCUT2D eigenvalue weighted by Gasteiger charge is -2.07. The summed E-state index contributed by atoms with van der Waals surface area (Å²) in [6.07, 6.45) is 1.69. The van der Waals surface area contributed by atoms with Crippen molar-refractivity contribution in [3.63, 3.8) is 0 Å². The van der Waals surface area contributed by atoms with Crippen molar-refractivity contribution in [2.24, 2.45) is 0 Å². The summed E-state index contributed by atoms with van der Waals surface area (Å²) < 4.78 is 32.9. The summed E-state index contributed by atoms with van der Waals surface area (Å²) in [6, 6.07) is 5.57. The van der Waals surface area contributed by atoms with Crippen LogP contribution in [0.25, 0.3) is 0 Å². The van der Waals surface area contributed by atoms with E-state index in [2.05, 4.69) is 4.74 Å². The highest BCUT2D eigenvalue weighted by Crippen LogP contribution is 2.14. The second-order valence-electron chi connectivity index (χ2n) is 3.63. The Morgan fingerprint density at radius 2 is 1.71 bits per heavy atom. The molecule has 0 saturated carbocycles. The van der Waals surface area contributed by atoms with Gasteiger partial charge in [-0.2, -0.15) is 0 Å². The standard InChI is InChI=1S/C12H14N2O6S/c1-19-9-3-5-10(6-4-9)21(17,18)14-13-11(15)7-8-12(16)20-2/h3-8,14H,1-2H3,(H,13,15)/b8-7+. The number of hydrazine groups is 1. The van der Waals surface area contributed by atoms with Crippen LogP contribution in [0.5, 0.6) is 5.75 Å². The normalized spacial score (nSPS) is 11.1. The number of hydrogen-bond acceptors (Lipinski definition) is 6. The van der Waals surface area contributed by atoms with Gasteiger partial charge in [-0.3, -0.25) is 10.2 Å². The van der Waals surface area contributed by atoms with Gasteiger partial charge in [-0.05, 0) is 24.3 Å². The predicted octanol–water partition coefficient (Wildman–Crippen LogP) is -0.266. The molecule has 2 N–H and O–H groups in total. The van der Waals surface area contributed by atoms with Gasteiger partial charge >= 0.3 is 5.97 Å². The summed E-state index contributed by atoms with van der Waals surface area (Å²) in [4.78, 5) is 23.9. The zero-order valence-corrected chi connectivity index (χ0v) is 12.1. The molecule has 0 radical (unpaired) electrons. The van der Waals surface area contributed by atoms with E-state index in [0.29, 0.717) is 5.75 Å². The van der Waals surface area contributed by atoms with Crippen molar-refractivity contribution in [2.75, 3.05) is 14.2 Å². The van der Waals surface area contributed by atoms with E-state index >= 15 is 0 Å². The van der Waals surface area contributed by atoms with Crippen LogP contribution in [-0.2, 0) is 24.3 Å². The third-order valence-electron chi connectivity index (χ3n) is 2.25. The minimum Gasteiger partial charge on any atom is -0.497 e. The molecule has 0 spiro atoms. The molecule has 8 nitrogen and oxygen atoms in total. The number of nitrogens with one attached hydrogen (secondary N) is 2. The largest absolute Gasteiger partial charge is 0.497 e. The predicted molar refractivity (Wildman–Crippen MR) is 72.6 cm³/mol. The number of methoxy groups -OCH3 is 2. The van der Waals surface area contributed by atoms with Gasteiger partial charge in [0.1, 0.15) is 5.75 Å². The van der Waals surface area contributed by atoms with E-state index in [1.165, 1.54) is 31.4 Å². The molecule has 114 valence electrons. The van der Waals surface area contributed by atoms with Gasteiger partial charge in [0.05, 0.1) is 19.1 Å². The maximum atomic E-state index is 11.8. The summed E-state index contributed by atoms with van der Waals surface area (Å²) >= 11 is 0. The molecule has 0 aliphatic carbocycles. The highest BCUT2D eigenvalue weighted by Gasteiger charge is 2.14. The average molecular weight is 314 g/mol. The lowest BCUT2D eigenvalue weighted by atomic mass is 10.3. The Balaban J connectivity index is 2.66. The smallest absolute Gasteiger partial charge is 0.330 e. The molecule has 0 aromatic heterocycles. The van der Waals surface area contributed by atoms with Crippen molar-refractivity contribution < 1.29 is 27.5 Å². The zero-order valence-electron chi connectivity index (χ0n) is 11.3. The maximum Gasteiger partial charge on any atom is 0.330 e. The van der Waals surface area contributed by atoms with Crippen molar-refractivity contribution in [3.05, 3.63) is 36.4 Å². The first kappa shape index (κ1) is 16.7. The third-order valence-corrected chi connectivity index (χ3v) is 3.51. The maximum absolute atomic E-state index is 11.8. The number of esters is 1. The Morgan fingerprint density at radius 3 is 2.24 bits per heavy atom. The molecule has 0 fully saturated rings. The van der Waals surface area contributed by atoms with Crippen molar-refractivity contribution in [2.45, 2.75) is 4.90 Å². The van der Waals surface area contributed by atoms with Gasteiger partial charge in [0.15, 0.2) is 0 Å².